The molecule has 3 rings (SSSR count). The molecule has 21 heavy (non-hydrogen) atoms. The molecule has 0 amide bonds. The summed E-state index contributed by atoms with van der Waals surface area (Å²) >= 11 is 5.84. The van der Waals surface area contributed by atoms with Gasteiger partial charge in [0, 0.05) is 17.0 Å². The molecule has 0 aliphatic heterocycles. The maximum atomic E-state index is 12.2. The number of benzene rings is 2. The Labute approximate surface area is 128 Å². The minimum Gasteiger partial charge on any atom is -0.422 e. The molecule has 2 nitrogen and oxygen atoms in total. The van der Waals surface area contributed by atoms with Crippen molar-refractivity contribution in [3.8, 4) is 11.3 Å². The monoisotopic (exact) mass is 298 g/mol. The molecule has 0 saturated carbocycles. The molecule has 3 heteroatoms. The first kappa shape index (κ1) is 13.9. The van der Waals surface area contributed by atoms with Gasteiger partial charge in [0.2, 0.25) is 0 Å². The smallest absolute Gasteiger partial charge is 0.344 e. The summed E-state index contributed by atoms with van der Waals surface area (Å²) in [5.41, 5.74) is 1.68. The third-order valence-corrected chi connectivity index (χ3v) is 3.80. The van der Waals surface area contributed by atoms with E-state index in [-0.39, 0.29) is 5.63 Å². The average Bonchev–Trinajstić information content (AvgIpc) is 2.55. The topological polar surface area (TPSA) is 30.2 Å². The highest BCUT2D eigenvalue weighted by molar-refractivity contribution is 6.17. The fourth-order valence-corrected chi connectivity index (χ4v) is 2.70. The van der Waals surface area contributed by atoms with Gasteiger partial charge < -0.3 is 4.42 Å². The van der Waals surface area contributed by atoms with Crippen LogP contribution >= 0.6 is 11.6 Å². The molecule has 0 unspecified atom stereocenters. The van der Waals surface area contributed by atoms with Gasteiger partial charge in [0.05, 0.1) is 5.39 Å². The van der Waals surface area contributed by atoms with Gasteiger partial charge in [-0.25, -0.2) is 4.79 Å². The number of rotatable bonds is 4. The Morgan fingerprint density at radius 3 is 2.29 bits per heavy atom. The van der Waals surface area contributed by atoms with E-state index in [9.17, 15) is 4.79 Å². The number of hydrogen-bond acceptors (Lipinski definition) is 2. The van der Waals surface area contributed by atoms with E-state index in [1.54, 1.807) is 6.07 Å². The van der Waals surface area contributed by atoms with Crippen LogP contribution < -0.4 is 5.63 Å². The summed E-state index contributed by atoms with van der Waals surface area (Å²) in [6.45, 7) is 0. The minimum atomic E-state index is -0.293. The molecule has 2 aromatic carbocycles. The van der Waals surface area contributed by atoms with Gasteiger partial charge in [0.1, 0.15) is 5.76 Å². The Balaban J connectivity index is 2.30. The van der Waals surface area contributed by atoms with E-state index in [4.69, 9.17) is 16.0 Å². The quantitative estimate of drug-likeness (QED) is 0.657. The van der Waals surface area contributed by atoms with Crippen LogP contribution in [0, 0.1) is 0 Å². The molecule has 0 spiro atoms. The Morgan fingerprint density at radius 1 is 0.905 bits per heavy atom. The van der Waals surface area contributed by atoms with Crippen LogP contribution in [0.3, 0.4) is 0 Å². The number of alkyl halides is 1. The largest absolute Gasteiger partial charge is 0.422 e. The molecule has 0 saturated heterocycles. The van der Waals surface area contributed by atoms with Gasteiger partial charge in [-0.05, 0) is 24.3 Å². The molecule has 106 valence electrons. The highest BCUT2D eigenvalue weighted by atomic mass is 35.5. The zero-order chi connectivity index (χ0) is 14.7. The van der Waals surface area contributed by atoms with Crippen molar-refractivity contribution in [1.82, 2.24) is 0 Å². The first-order valence-corrected chi connectivity index (χ1v) is 7.51. The molecule has 0 bridgehead atoms. The summed E-state index contributed by atoms with van der Waals surface area (Å²) in [6.07, 6.45) is 1.64. The van der Waals surface area contributed by atoms with Crippen LogP contribution in [0.1, 0.15) is 12.0 Å². The Morgan fingerprint density at radius 2 is 1.57 bits per heavy atom. The lowest BCUT2D eigenvalue weighted by atomic mass is 9.98. The lowest BCUT2D eigenvalue weighted by molar-refractivity contribution is 0.528. The van der Waals surface area contributed by atoms with Crippen LogP contribution in [0.5, 0.6) is 0 Å². The molecule has 0 radical (unpaired) electrons. The van der Waals surface area contributed by atoms with Crippen molar-refractivity contribution in [3.63, 3.8) is 0 Å². The van der Waals surface area contributed by atoms with E-state index in [0.29, 0.717) is 17.0 Å². The van der Waals surface area contributed by atoms with Crippen molar-refractivity contribution in [1.29, 1.82) is 0 Å². The summed E-state index contributed by atoms with van der Waals surface area (Å²) in [4.78, 5) is 12.2. The third kappa shape index (κ3) is 2.72. The van der Waals surface area contributed by atoms with Gasteiger partial charge in [-0.2, -0.15) is 0 Å². The van der Waals surface area contributed by atoms with Crippen molar-refractivity contribution in [2.75, 3.05) is 5.88 Å². The van der Waals surface area contributed by atoms with Gasteiger partial charge in [-0.1, -0.05) is 48.5 Å². The summed E-state index contributed by atoms with van der Waals surface area (Å²) in [5, 5.41) is 1.58. The zero-order valence-corrected chi connectivity index (χ0v) is 12.3. The van der Waals surface area contributed by atoms with Crippen LogP contribution in [0.2, 0.25) is 0 Å². The van der Waals surface area contributed by atoms with Crippen LogP contribution in [0.15, 0.2) is 63.8 Å². The van der Waals surface area contributed by atoms with Gasteiger partial charge in [0.25, 0.3) is 0 Å². The second kappa shape index (κ2) is 6.15. The minimum absolute atomic E-state index is 0.293. The highest BCUT2D eigenvalue weighted by Gasteiger charge is 2.14. The molecule has 0 fully saturated rings. The van der Waals surface area contributed by atoms with Crippen molar-refractivity contribution < 1.29 is 4.42 Å². The predicted octanol–water partition coefficient (Wildman–Crippen LogP) is 4.63. The van der Waals surface area contributed by atoms with Crippen molar-refractivity contribution in [2.45, 2.75) is 12.8 Å². The second-order valence-electron chi connectivity index (χ2n) is 4.90. The molecule has 0 N–H and O–H groups in total. The summed E-state index contributed by atoms with van der Waals surface area (Å²) in [6, 6.07) is 17.3. The Bertz CT molecular complexity index is 806. The molecule has 1 aromatic heterocycles. The van der Waals surface area contributed by atoms with E-state index in [2.05, 4.69) is 0 Å². The van der Waals surface area contributed by atoms with Gasteiger partial charge in [-0.15, -0.1) is 11.6 Å². The zero-order valence-electron chi connectivity index (χ0n) is 11.5. The summed E-state index contributed by atoms with van der Waals surface area (Å²) < 4.78 is 5.61. The molecule has 1 heterocycles. The van der Waals surface area contributed by atoms with Gasteiger partial charge >= 0.3 is 5.63 Å². The third-order valence-electron chi connectivity index (χ3n) is 3.54. The number of halogens is 1. The van der Waals surface area contributed by atoms with Crippen molar-refractivity contribution in [2.24, 2.45) is 0 Å². The molecule has 0 aliphatic carbocycles. The van der Waals surface area contributed by atoms with Crippen LogP contribution in [-0.2, 0) is 6.42 Å². The van der Waals surface area contributed by atoms with Crippen molar-refractivity contribution in [3.05, 3.63) is 70.6 Å². The lowest BCUT2D eigenvalue weighted by Crippen LogP contribution is -2.05. The number of hydrogen-bond donors (Lipinski definition) is 0. The molecule has 0 atom stereocenters. The van der Waals surface area contributed by atoms with Gasteiger partial charge in [-0.3, -0.25) is 0 Å². The van der Waals surface area contributed by atoms with Crippen molar-refractivity contribution >= 4 is 22.4 Å². The fourth-order valence-electron chi connectivity index (χ4n) is 2.57. The summed E-state index contributed by atoms with van der Waals surface area (Å²) in [5.74, 6) is 1.24. The Hall–Kier alpha value is -2.06. The normalized spacial score (nSPS) is 10.9. The van der Waals surface area contributed by atoms with Crippen LogP contribution in [0.4, 0.5) is 0 Å². The highest BCUT2D eigenvalue weighted by Crippen LogP contribution is 2.29. The second-order valence-corrected chi connectivity index (χ2v) is 5.28. The molecule has 0 aliphatic rings. The lowest BCUT2D eigenvalue weighted by Gasteiger charge is -2.11. The molecular weight excluding hydrogens is 284 g/mol. The van der Waals surface area contributed by atoms with Crippen LogP contribution in [0.25, 0.3) is 22.1 Å². The summed E-state index contributed by atoms with van der Waals surface area (Å²) in [7, 11) is 0. The van der Waals surface area contributed by atoms with Crippen LogP contribution in [-0.4, -0.2) is 5.88 Å². The van der Waals surface area contributed by atoms with E-state index < -0.39 is 0 Å². The Kier molecular flexibility index (Phi) is 4.07. The standard InChI is InChI=1S/C18H15ClO2/c19-12-6-11-15-14-9-4-5-10-16(14)18(20)21-17(15)13-7-2-1-3-8-13/h1-5,7-10H,6,11-12H2. The van der Waals surface area contributed by atoms with E-state index in [1.165, 1.54) is 0 Å². The van der Waals surface area contributed by atoms with E-state index >= 15 is 0 Å². The van der Waals surface area contributed by atoms with E-state index in [0.717, 1.165) is 29.4 Å². The SMILES string of the molecule is O=c1oc(-c2ccccc2)c(CCCCl)c2ccccc12. The fraction of sp³-hybridized carbons (Fsp3) is 0.167. The number of fused-ring (bicyclic) bond motifs is 1. The number of aryl methyl sites for hydroxylation is 1. The maximum absolute atomic E-state index is 12.2. The molecular formula is C18H15ClO2. The molecule has 3 aromatic rings. The van der Waals surface area contributed by atoms with E-state index in [1.807, 2.05) is 48.5 Å². The van der Waals surface area contributed by atoms with Gasteiger partial charge in [0.15, 0.2) is 0 Å². The predicted molar refractivity (Wildman–Crippen MR) is 87.0 cm³/mol. The first-order chi connectivity index (χ1) is 10.3. The maximum Gasteiger partial charge on any atom is 0.344 e. The average molecular weight is 299 g/mol. The first-order valence-electron chi connectivity index (χ1n) is 6.97.